The number of unbranched alkanes of at least 4 members (excludes halogenated alkanes) is 7. The Morgan fingerprint density at radius 1 is 1.05 bits per heavy atom. The molecular formula is C18H32N2O. The second-order valence-corrected chi connectivity index (χ2v) is 5.76. The van der Waals surface area contributed by atoms with Crippen molar-refractivity contribution in [3.8, 4) is 5.75 Å². The number of nitrogens with two attached hydrogens (primary N) is 1. The minimum Gasteiger partial charge on any atom is -0.497 e. The van der Waals surface area contributed by atoms with E-state index in [4.69, 9.17) is 10.6 Å². The average Bonchev–Trinajstić information content (AvgIpc) is 2.53. The quantitative estimate of drug-likeness (QED) is 0.332. The minimum atomic E-state index is 0.222. The first-order chi connectivity index (χ1) is 10.3. The van der Waals surface area contributed by atoms with E-state index >= 15 is 0 Å². The van der Waals surface area contributed by atoms with Crippen molar-refractivity contribution < 1.29 is 4.74 Å². The van der Waals surface area contributed by atoms with Gasteiger partial charge in [-0.05, 0) is 24.1 Å². The molecule has 1 aromatic rings. The molecule has 0 aliphatic heterocycles. The molecule has 0 aromatic heterocycles. The summed E-state index contributed by atoms with van der Waals surface area (Å²) in [5.41, 5.74) is 4.14. The molecule has 0 saturated heterocycles. The molecule has 3 nitrogen and oxygen atoms in total. The zero-order valence-electron chi connectivity index (χ0n) is 13.7. The van der Waals surface area contributed by atoms with Crippen molar-refractivity contribution in [1.82, 2.24) is 5.43 Å². The molecule has 21 heavy (non-hydrogen) atoms. The Labute approximate surface area is 130 Å². The van der Waals surface area contributed by atoms with E-state index in [2.05, 4.69) is 24.5 Å². The van der Waals surface area contributed by atoms with E-state index in [1.165, 1.54) is 56.9 Å². The molecule has 0 saturated carbocycles. The topological polar surface area (TPSA) is 47.3 Å². The lowest BCUT2D eigenvalue weighted by atomic mass is 9.99. The summed E-state index contributed by atoms with van der Waals surface area (Å²) in [6.45, 7) is 2.26. The molecule has 0 bridgehead atoms. The van der Waals surface area contributed by atoms with Crippen LogP contribution in [0.25, 0.3) is 0 Å². The molecular weight excluding hydrogens is 260 g/mol. The molecule has 0 aliphatic rings. The molecule has 0 radical (unpaired) electrons. The first kappa shape index (κ1) is 18.0. The lowest BCUT2D eigenvalue weighted by Gasteiger charge is -2.17. The third-order valence-electron chi connectivity index (χ3n) is 4.04. The van der Waals surface area contributed by atoms with Crippen LogP contribution >= 0.6 is 0 Å². The van der Waals surface area contributed by atoms with Crippen molar-refractivity contribution in [2.24, 2.45) is 5.84 Å². The summed E-state index contributed by atoms with van der Waals surface area (Å²) in [6, 6.07) is 8.38. The zero-order valence-corrected chi connectivity index (χ0v) is 13.7. The lowest BCUT2D eigenvalue weighted by molar-refractivity contribution is 0.411. The van der Waals surface area contributed by atoms with Gasteiger partial charge in [0.25, 0.3) is 0 Å². The highest BCUT2D eigenvalue weighted by Gasteiger charge is 2.09. The molecule has 3 heteroatoms. The maximum absolute atomic E-state index is 5.70. The van der Waals surface area contributed by atoms with Crippen molar-refractivity contribution in [2.45, 2.75) is 70.8 Å². The van der Waals surface area contributed by atoms with Gasteiger partial charge in [0.05, 0.1) is 7.11 Å². The lowest BCUT2D eigenvalue weighted by Crippen LogP contribution is -2.27. The molecule has 0 spiro atoms. The zero-order chi connectivity index (χ0) is 15.3. The molecule has 3 N–H and O–H groups in total. The number of hydrogen-bond donors (Lipinski definition) is 2. The van der Waals surface area contributed by atoms with Crippen LogP contribution in [-0.4, -0.2) is 7.11 Å². The van der Waals surface area contributed by atoms with Crippen LogP contribution in [0.1, 0.15) is 76.3 Å². The predicted molar refractivity (Wildman–Crippen MR) is 90.3 cm³/mol. The van der Waals surface area contributed by atoms with Gasteiger partial charge >= 0.3 is 0 Å². The fraction of sp³-hybridized carbons (Fsp3) is 0.667. The highest BCUT2D eigenvalue weighted by molar-refractivity contribution is 5.30. The van der Waals surface area contributed by atoms with Gasteiger partial charge in [-0.3, -0.25) is 11.3 Å². The van der Waals surface area contributed by atoms with Crippen molar-refractivity contribution >= 4 is 0 Å². The van der Waals surface area contributed by atoms with Crippen LogP contribution in [0.3, 0.4) is 0 Å². The van der Waals surface area contributed by atoms with Gasteiger partial charge in [-0.25, -0.2) is 0 Å². The predicted octanol–water partition coefficient (Wildman–Crippen LogP) is 4.73. The second kappa shape index (κ2) is 11.6. The normalized spacial score (nSPS) is 12.3. The number of methoxy groups -OCH3 is 1. The third kappa shape index (κ3) is 7.49. The second-order valence-electron chi connectivity index (χ2n) is 5.76. The molecule has 0 amide bonds. The van der Waals surface area contributed by atoms with Crippen molar-refractivity contribution in [3.63, 3.8) is 0 Å². The van der Waals surface area contributed by atoms with E-state index < -0.39 is 0 Å². The van der Waals surface area contributed by atoms with E-state index in [1.807, 2.05) is 12.1 Å². The number of ether oxygens (including phenoxy) is 1. The van der Waals surface area contributed by atoms with Crippen LogP contribution in [0, 0.1) is 0 Å². The van der Waals surface area contributed by atoms with E-state index in [9.17, 15) is 0 Å². The Morgan fingerprint density at radius 3 is 2.33 bits per heavy atom. The summed E-state index contributed by atoms with van der Waals surface area (Å²) >= 11 is 0. The van der Waals surface area contributed by atoms with E-state index in [0.717, 1.165) is 12.2 Å². The first-order valence-electron chi connectivity index (χ1n) is 8.42. The molecule has 0 heterocycles. The van der Waals surface area contributed by atoms with Crippen molar-refractivity contribution in [2.75, 3.05) is 7.11 Å². The minimum absolute atomic E-state index is 0.222. The molecule has 120 valence electrons. The highest BCUT2D eigenvalue weighted by Crippen LogP contribution is 2.23. The standard InChI is InChI=1S/C18H32N2O/c1-3-4-5-6-7-8-9-10-14-18(20-19)16-12-11-13-17(15-16)21-2/h11-13,15,18,20H,3-10,14,19H2,1-2H3. The number of hydrazine groups is 1. The molecule has 1 rings (SSSR count). The number of nitrogens with one attached hydrogen (secondary N) is 1. The van der Waals surface area contributed by atoms with Crippen molar-refractivity contribution in [1.29, 1.82) is 0 Å². The number of hydrogen-bond acceptors (Lipinski definition) is 3. The molecule has 1 atom stereocenters. The van der Waals surface area contributed by atoms with Crippen LogP contribution in [0.2, 0.25) is 0 Å². The summed E-state index contributed by atoms with van der Waals surface area (Å²) in [5.74, 6) is 6.59. The molecule has 0 aliphatic carbocycles. The summed E-state index contributed by atoms with van der Waals surface area (Å²) in [7, 11) is 1.70. The van der Waals surface area contributed by atoms with Crippen LogP contribution < -0.4 is 16.0 Å². The first-order valence-corrected chi connectivity index (χ1v) is 8.42. The van der Waals surface area contributed by atoms with Crippen molar-refractivity contribution in [3.05, 3.63) is 29.8 Å². The van der Waals surface area contributed by atoms with Gasteiger partial charge < -0.3 is 4.74 Å². The smallest absolute Gasteiger partial charge is 0.119 e. The fourth-order valence-corrected chi connectivity index (χ4v) is 2.69. The Bertz CT molecular complexity index is 368. The van der Waals surface area contributed by atoms with Crippen LogP contribution in [0.4, 0.5) is 0 Å². The maximum Gasteiger partial charge on any atom is 0.119 e. The largest absolute Gasteiger partial charge is 0.497 e. The highest BCUT2D eigenvalue weighted by atomic mass is 16.5. The monoisotopic (exact) mass is 292 g/mol. The van der Waals surface area contributed by atoms with Gasteiger partial charge in [-0.1, -0.05) is 70.4 Å². The van der Waals surface area contributed by atoms with Gasteiger partial charge in [-0.2, -0.15) is 0 Å². The Balaban J connectivity index is 2.22. The van der Waals surface area contributed by atoms with Gasteiger partial charge in [0.2, 0.25) is 0 Å². The van der Waals surface area contributed by atoms with Crippen LogP contribution in [-0.2, 0) is 0 Å². The van der Waals surface area contributed by atoms with Gasteiger partial charge in [0.1, 0.15) is 5.75 Å². The van der Waals surface area contributed by atoms with Crippen LogP contribution in [0.5, 0.6) is 5.75 Å². The average molecular weight is 292 g/mol. The maximum atomic E-state index is 5.70. The van der Waals surface area contributed by atoms with Crippen LogP contribution in [0.15, 0.2) is 24.3 Å². The summed E-state index contributed by atoms with van der Waals surface area (Å²) in [5, 5.41) is 0. The summed E-state index contributed by atoms with van der Waals surface area (Å²) in [4.78, 5) is 0. The Hall–Kier alpha value is -1.06. The van der Waals surface area contributed by atoms with E-state index in [-0.39, 0.29) is 6.04 Å². The summed E-state index contributed by atoms with van der Waals surface area (Å²) in [6.07, 6.45) is 11.8. The fourth-order valence-electron chi connectivity index (χ4n) is 2.69. The number of rotatable bonds is 12. The third-order valence-corrected chi connectivity index (χ3v) is 4.04. The van der Waals surface area contributed by atoms with Gasteiger partial charge in [0.15, 0.2) is 0 Å². The number of benzene rings is 1. The SMILES string of the molecule is CCCCCCCCCCC(NN)c1cccc(OC)c1. The van der Waals surface area contributed by atoms with Gasteiger partial charge in [-0.15, -0.1) is 0 Å². The molecule has 1 aromatic carbocycles. The molecule has 0 fully saturated rings. The Morgan fingerprint density at radius 2 is 1.71 bits per heavy atom. The van der Waals surface area contributed by atoms with E-state index in [1.54, 1.807) is 7.11 Å². The summed E-state index contributed by atoms with van der Waals surface area (Å²) < 4.78 is 5.27. The van der Waals surface area contributed by atoms with E-state index in [0.29, 0.717) is 0 Å². The van der Waals surface area contributed by atoms with Gasteiger partial charge in [0, 0.05) is 6.04 Å². The molecule has 1 unspecified atom stereocenters. The Kier molecular flexibility index (Phi) is 9.92.